The predicted octanol–water partition coefficient (Wildman–Crippen LogP) is 0.434. The number of carbonyl (C=O) groups is 5. The maximum atomic E-state index is 12.4. The lowest BCUT2D eigenvalue weighted by Gasteiger charge is -2.25. The van der Waals surface area contributed by atoms with Crippen LogP contribution in [0.1, 0.15) is 41.5 Å². The molecule has 138 valence electrons. The van der Waals surface area contributed by atoms with Crippen LogP contribution in [-0.4, -0.2) is 46.8 Å². The van der Waals surface area contributed by atoms with Gasteiger partial charge in [-0.05, 0) is 25.0 Å². The number of nitrogens with one attached hydrogen (secondary N) is 1. The lowest BCUT2D eigenvalue weighted by atomic mass is 10.1. The summed E-state index contributed by atoms with van der Waals surface area (Å²) < 4.78 is 5.14. The van der Waals surface area contributed by atoms with Crippen LogP contribution in [0.3, 0.4) is 0 Å². The second-order valence-electron chi connectivity index (χ2n) is 6.16. The van der Waals surface area contributed by atoms with Gasteiger partial charge in [-0.15, -0.1) is 0 Å². The molecular formula is C17H19N3O6. The van der Waals surface area contributed by atoms with E-state index in [1.807, 2.05) is 5.32 Å². The number of rotatable bonds is 5. The van der Waals surface area contributed by atoms with E-state index in [1.54, 1.807) is 26.0 Å². The van der Waals surface area contributed by atoms with Crippen molar-refractivity contribution < 1.29 is 28.7 Å². The predicted molar refractivity (Wildman–Crippen MR) is 88.8 cm³/mol. The summed E-state index contributed by atoms with van der Waals surface area (Å²) in [6.07, 6.45) is -1.30. The Hall–Kier alpha value is -3.23. The third-order valence-corrected chi connectivity index (χ3v) is 3.91. The van der Waals surface area contributed by atoms with Gasteiger partial charge in [0.25, 0.3) is 17.7 Å². The minimum atomic E-state index is -1.30. The van der Waals surface area contributed by atoms with Gasteiger partial charge >= 0.3 is 12.0 Å². The summed E-state index contributed by atoms with van der Waals surface area (Å²) in [5, 5.41) is 1.84. The van der Waals surface area contributed by atoms with Gasteiger partial charge in [-0.2, -0.15) is 0 Å². The molecule has 0 aliphatic carbocycles. The zero-order valence-electron chi connectivity index (χ0n) is 14.5. The highest BCUT2D eigenvalue weighted by atomic mass is 16.6. The van der Waals surface area contributed by atoms with Gasteiger partial charge in [0, 0.05) is 0 Å². The number of hydrogen-bond donors (Lipinski definition) is 2. The third-order valence-electron chi connectivity index (χ3n) is 3.91. The number of hydrogen-bond acceptors (Lipinski definition) is 6. The van der Waals surface area contributed by atoms with Gasteiger partial charge in [0.2, 0.25) is 0 Å². The number of carbonyl (C=O) groups excluding carboxylic acids is 5. The van der Waals surface area contributed by atoms with Crippen LogP contribution in [0.2, 0.25) is 0 Å². The number of primary amides is 1. The van der Waals surface area contributed by atoms with E-state index in [1.165, 1.54) is 19.1 Å². The molecule has 26 heavy (non-hydrogen) atoms. The Balaban J connectivity index is 2.17. The van der Waals surface area contributed by atoms with Crippen LogP contribution < -0.4 is 11.1 Å². The quantitative estimate of drug-likeness (QED) is 0.577. The molecule has 1 aliphatic heterocycles. The minimum Gasteiger partial charge on any atom is -0.450 e. The van der Waals surface area contributed by atoms with E-state index >= 15 is 0 Å². The van der Waals surface area contributed by atoms with Crippen molar-refractivity contribution >= 4 is 29.7 Å². The number of urea groups is 1. The van der Waals surface area contributed by atoms with Crippen LogP contribution in [0.5, 0.6) is 0 Å². The molecular weight excluding hydrogens is 342 g/mol. The Bertz CT molecular complexity index is 753. The van der Waals surface area contributed by atoms with Crippen LogP contribution in [0, 0.1) is 5.92 Å². The molecule has 0 fully saturated rings. The van der Waals surface area contributed by atoms with Crippen molar-refractivity contribution in [3.63, 3.8) is 0 Å². The van der Waals surface area contributed by atoms with Crippen LogP contribution in [-0.2, 0) is 14.3 Å². The first-order valence-electron chi connectivity index (χ1n) is 7.92. The highest BCUT2D eigenvalue weighted by molar-refractivity contribution is 6.22. The monoisotopic (exact) mass is 361 g/mol. The molecule has 0 spiro atoms. The van der Waals surface area contributed by atoms with Gasteiger partial charge in [-0.3, -0.25) is 24.6 Å². The fourth-order valence-electron chi connectivity index (χ4n) is 2.57. The fraction of sp³-hybridized carbons (Fsp3) is 0.353. The van der Waals surface area contributed by atoms with Gasteiger partial charge in [0.1, 0.15) is 6.04 Å². The first kappa shape index (κ1) is 19.1. The molecule has 1 aromatic carbocycles. The number of nitrogens with two attached hydrogens (primary N) is 1. The molecule has 1 heterocycles. The van der Waals surface area contributed by atoms with Crippen molar-refractivity contribution in [1.82, 2.24) is 10.2 Å². The number of nitrogens with zero attached hydrogens (tertiary/aromatic N) is 1. The van der Waals surface area contributed by atoms with Crippen LogP contribution in [0.25, 0.3) is 0 Å². The molecule has 0 aromatic heterocycles. The van der Waals surface area contributed by atoms with Crippen molar-refractivity contribution in [1.29, 1.82) is 0 Å². The van der Waals surface area contributed by atoms with Gasteiger partial charge in [-0.1, -0.05) is 26.0 Å². The maximum Gasteiger partial charge on any atom is 0.329 e. The summed E-state index contributed by atoms with van der Waals surface area (Å²) in [5.41, 5.74) is 5.29. The summed E-state index contributed by atoms with van der Waals surface area (Å²) in [6, 6.07) is 3.88. The second kappa shape index (κ2) is 7.34. The number of ether oxygens (including phenoxy) is 1. The average molecular weight is 361 g/mol. The molecule has 0 saturated heterocycles. The van der Waals surface area contributed by atoms with Crippen molar-refractivity contribution in [2.24, 2.45) is 11.7 Å². The summed E-state index contributed by atoms with van der Waals surface area (Å²) in [4.78, 5) is 60.8. The van der Waals surface area contributed by atoms with E-state index in [2.05, 4.69) is 0 Å². The number of amides is 5. The number of imide groups is 2. The maximum absolute atomic E-state index is 12.4. The Morgan fingerprint density at radius 1 is 1.04 bits per heavy atom. The van der Waals surface area contributed by atoms with Gasteiger partial charge < -0.3 is 10.5 Å². The lowest BCUT2D eigenvalue weighted by Crippen LogP contribution is -2.49. The zero-order valence-corrected chi connectivity index (χ0v) is 14.5. The largest absolute Gasteiger partial charge is 0.450 e. The Labute approximate surface area is 149 Å². The van der Waals surface area contributed by atoms with Crippen LogP contribution in [0.15, 0.2) is 24.3 Å². The Morgan fingerprint density at radius 3 is 1.96 bits per heavy atom. The summed E-state index contributed by atoms with van der Waals surface area (Å²) in [5.74, 6) is -3.52. The summed E-state index contributed by atoms with van der Waals surface area (Å²) in [6.45, 7) is 4.53. The fourth-order valence-corrected chi connectivity index (χ4v) is 2.57. The molecule has 9 heteroatoms. The van der Waals surface area contributed by atoms with E-state index in [4.69, 9.17) is 10.5 Å². The van der Waals surface area contributed by atoms with Gasteiger partial charge in [0.15, 0.2) is 6.10 Å². The molecule has 1 aliphatic rings. The molecule has 0 saturated carbocycles. The first-order valence-corrected chi connectivity index (χ1v) is 7.92. The molecule has 2 rings (SSSR count). The standard InChI is InChI=1S/C17H19N3O6/c1-8(2)12(13(21)19-17(18)25)26-16(24)9(3)20-14(22)10-6-4-5-7-11(10)15(20)23/h4-9,12H,1-3H3,(H3,18,19,21,25)/t9-,12-/m1/s1. The van der Waals surface area contributed by atoms with E-state index in [-0.39, 0.29) is 11.1 Å². The van der Waals surface area contributed by atoms with Gasteiger partial charge in [-0.25, -0.2) is 9.59 Å². The smallest absolute Gasteiger partial charge is 0.329 e. The molecule has 0 bridgehead atoms. The number of benzene rings is 1. The SMILES string of the molecule is CC(C)[C@@H](OC(=O)[C@@H](C)N1C(=O)c2ccccc2C1=O)C(=O)NC(N)=O. The van der Waals surface area contributed by atoms with Gasteiger partial charge in [0.05, 0.1) is 11.1 Å². The molecule has 3 N–H and O–H groups in total. The number of esters is 1. The van der Waals surface area contributed by atoms with Crippen molar-refractivity contribution in [2.75, 3.05) is 0 Å². The molecule has 2 atom stereocenters. The highest BCUT2D eigenvalue weighted by Gasteiger charge is 2.42. The molecule has 5 amide bonds. The molecule has 9 nitrogen and oxygen atoms in total. The van der Waals surface area contributed by atoms with Crippen molar-refractivity contribution in [3.05, 3.63) is 35.4 Å². The third kappa shape index (κ3) is 3.56. The first-order chi connectivity index (χ1) is 12.1. The zero-order chi connectivity index (χ0) is 19.6. The number of fused-ring (bicyclic) bond motifs is 1. The van der Waals surface area contributed by atoms with Crippen LogP contribution >= 0.6 is 0 Å². The Kier molecular flexibility index (Phi) is 5.39. The average Bonchev–Trinajstić information content (AvgIpc) is 2.82. The summed E-state index contributed by atoms with van der Waals surface area (Å²) in [7, 11) is 0. The molecule has 1 aromatic rings. The molecule has 0 unspecified atom stereocenters. The minimum absolute atomic E-state index is 0.198. The molecule has 0 radical (unpaired) electrons. The normalized spacial score (nSPS) is 15.5. The van der Waals surface area contributed by atoms with Crippen molar-refractivity contribution in [2.45, 2.75) is 32.9 Å². The highest BCUT2D eigenvalue weighted by Crippen LogP contribution is 2.25. The van der Waals surface area contributed by atoms with Crippen molar-refractivity contribution in [3.8, 4) is 0 Å². The Morgan fingerprint density at radius 2 is 1.54 bits per heavy atom. The summed E-state index contributed by atoms with van der Waals surface area (Å²) >= 11 is 0. The van der Waals surface area contributed by atoms with E-state index in [0.717, 1.165) is 4.90 Å². The second-order valence-corrected chi connectivity index (χ2v) is 6.16. The topological polar surface area (TPSA) is 136 Å². The van der Waals surface area contributed by atoms with E-state index in [0.29, 0.717) is 0 Å². The van der Waals surface area contributed by atoms with E-state index in [9.17, 15) is 24.0 Å². The lowest BCUT2D eigenvalue weighted by molar-refractivity contribution is -0.161. The van der Waals surface area contributed by atoms with Crippen LogP contribution in [0.4, 0.5) is 4.79 Å². The van der Waals surface area contributed by atoms with E-state index < -0.39 is 47.8 Å².